The minimum absolute atomic E-state index is 0.00331. The molecule has 1 aliphatic rings. The van der Waals surface area contributed by atoms with E-state index in [1.54, 1.807) is 0 Å². The second-order valence-electron chi connectivity index (χ2n) is 8.49. The third-order valence-corrected chi connectivity index (χ3v) is 5.95. The van der Waals surface area contributed by atoms with Gasteiger partial charge in [-0.25, -0.2) is 4.79 Å². The van der Waals surface area contributed by atoms with Gasteiger partial charge in [-0.05, 0) is 50.5 Å². The summed E-state index contributed by atoms with van der Waals surface area (Å²) in [6.45, 7) is 5.39. The van der Waals surface area contributed by atoms with Crippen molar-refractivity contribution in [2.45, 2.75) is 83.6 Å². The fourth-order valence-corrected chi connectivity index (χ4v) is 4.11. The fourth-order valence-electron chi connectivity index (χ4n) is 4.11. The average molecular weight is 374 g/mol. The number of nitrogens with zero attached hydrogens (tertiary/aromatic N) is 2. The second kappa shape index (κ2) is 10.6. The lowest BCUT2D eigenvalue weighted by atomic mass is 9.82. The highest BCUT2D eigenvalue weighted by atomic mass is 16.2. The topological polar surface area (TPSA) is 35.6 Å². The van der Waals surface area contributed by atoms with Crippen LogP contribution in [0.4, 0.5) is 16.2 Å². The van der Waals surface area contributed by atoms with Gasteiger partial charge in [-0.2, -0.15) is 0 Å². The molecule has 0 unspecified atom stereocenters. The summed E-state index contributed by atoms with van der Waals surface area (Å²) in [5, 5.41) is 3.15. The number of urea groups is 1. The van der Waals surface area contributed by atoms with Gasteiger partial charge in [0.15, 0.2) is 0 Å². The lowest BCUT2D eigenvalue weighted by Crippen LogP contribution is -2.52. The summed E-state index contributed by atoms with van der Waals surface area (Å²) in [5.74, 6) is 0. The maximum absolute atomic E-state index is 13.2. The van der Waals surface area contributed by atoms with Gasteiger partial charge in [0, 0.05) is 37.6 Å². The maximum atomic E-state index is 13.2. The zero-order valence-corrected chi connectivity index (χ0v) is 17.9. The smallest absolute Gasteiger partial charge is 0.322 e. The molecule has 0 aromatic heterocycles. The van der Waals surface area contributed by atoms with Crippen LogP contribution in [0.1, 0.15) is 78.1 Å². The quantitative estimate of drug-likeness (QED) is 0.517. The number of rotatable bonds is 9. The molecule has 2 rings (SSSR count). The van der Waals surface area contributed by atoms with Gasteiger partial charge >= 0.3 is 6.03 Å². The van der Waals surface area contributed by atoms with E-state index in [1.165, 1.54) is 44.9 Å². The van der Waals surface area contributed by atoms with E-state index >= 15 is 0 Å². The van der Waals surface area contributed by atoms with E-state index in [0.717, 1.165) is 37.2 Å². The lowest BCUT2D eigenvalue weighted by molar-refractivity contribution is 0.0979. The van der Waals surface area contributed by atoms with E-state index in [1.807, 2.05) is 38.4 Å². The molecule has 0 atom stereocenters. The Morgan fingerprint density at radius 2 is 1.63 bits per heavy atom. The van der Waals surface area contributed by atoms with Crippen LogP contribution in [0.15, 0.2) is 24.3 Å². The first-order chi connectivity index (χ1) is 13.0. The molecular weight excluding hydrogens is 334 g/mol. The number of amides is 2. The van der Waals surface area contributed by atoms with Crippen molar-refractivity contribution in [3.63, 3.8) is 0 Å². The van der Waals surface area contributed by atoms with Crippen molar-refractivity contribution in [3.8, 4) is 0 Å². The Morgan fingerprint density at radius 3 is 2.22 bits per heavy atom. The molecule has 0 aliphatic heterocycles. The van der Waals surface area contributed by atoms with Crippen LogP contribution < -0.4 is 10.2 Å². The Balaban J connectivity index is 2.02. The van der Waals surface area contributed by atoms with Gasteiger partial charge in [0.25, 0.3) is 0 Å². The SMILES string of the molecule is CCCCCCCN(C(=O)Nc1ccc(N(C)C)cc1)C1(C)CCCCC1. The van der Waals surface area contributed by atoms with Gasteiger partial charge < -0.3 is 15.1 Å². The molecule has 0 spiro atoms. The number of hydrogen-bond acceptors (Lipinski definition) is 2. The molecule has 1 aliphatic carbocycles. The molecule has 1 aromatic carbocycles. The third kappa shape index (κ3) is 6.44. The molecule has 0 heterocycles. The van der Waals surface area contributed by atoms with Crippen LogP contribution in [0.25, 0.3) is 0 Å². The lowest BCUT2D eigenvalue weighted by Gasteiger charge is -2.44. The molecule has 1 fully saturated rings. The summed E-state index contributed by atoms with van der Waals surface area (Å²) in [6, 6.07) is 8.15. The minimum Gasteiger partial charge on any atom is -0.378 e. The molecule has 4 heteroatoms. The second-order valence-corrected chi connectivity index (χ2v) is 8.49. The van der Waals surface area contributed by atoms with E-state index in [9.17, 15) is 4.79 Å². The van der Waals surface area contributed by atoms with Gasteiger partial charge in [-0.1, -0.05) is 51.9 Å². The highest BCUT2D eigenvalue weighted by molar-refractivity contribution is 5.90. The number of carbonyl (C=O) groups is 1. The molecule has 2 amide bonds. The van der Waals surface area contributed by atoms with Gasteiger partial charge in [0.1, 0.15) is 0 Å². The van der Waals surface area contributed by atoms with Crippen molar-refractivity contribution in [3.05, 3.63) is 24.3 Å². The van der Waals surface area contributed by atoms with Crippen molar-refractivity contribution in [1.29, 1.82) is 0 Å². The molecule has 152 valence electrons. The predicted octanol–water partition coefficient (Wildman–Crippen LogP) is 6.28. The van der Waals surface area contributed by atoms with Crippen molar-refractivity contribution in [2.75, 3.05) is 30.9 Å². The van der Waals surface area contributed by atoms with E-state index in [0.29, 0.717) is 0 Å². The Morgan fingerprint density at radius 1 is 1.00 bits per heavy atom. The number of nitrogens with one attached hydrogen (secondary N) is 1. The first-order valence-corrected chi connectivity index (χ1v) is 10.8. The van der Waals surface area contributed by atoms with Gasteiger partial charge in [-0.15, -0.1) is 0 Å². The van der Waals surface area contributed by atoms with E-state index in [-0.39, 0.29) is 11.6 Å². The Hall–Kier alpha value is -1.71. The van der Waals surface area contributed by atoms with Gasteiger partial charge in [0.05, 0.1) is 0 Å². The summed E-state index contributed by atoms with van der Waals surface area (Å²) < 4.78 is 0. The normalized spacial score (nSPS) is 16.0. The van der Waals surface area contributed by atoms with Gasteiger partial charge in [-0.3, -0.25) is 0 Å². The first-order valence-electron chi connectivity index (χ1n) is 10.8. The molecule has 4 nitrogen and oxygen atoms in total. The van der Waals surface area contributed by atoms with Crippen molar-refractivity contribution in [2.24, 2.45) is 0 Å². The first kappa shape index (κ1) is 21.6. The van der Waals surface area contributed by atoms with Crippen LogP contribution in [0.3, 0.4) is 0 Å². The molecule has 1 N–H and O–H groups in total. The summed E-state index contributed by atoms with van der Waals surface area (Å²) in [7, 11) is 4.05. The fraction of sp³-hybridized carbons (Fsp3) is 0.696. The number of hydrogen-bond donors (Lipinski definition) is 1. The molecular formula is C23H39N3O. The Kier molecular flexibility index (Phi) is 8.46. The Bertz CT molecular complexity index is 561. The number of anilines is 2. The van der Waals surface area contributed by atoms with Crippen LogP contribution in [-0.2, 0) is 0 Å². The van der Waals surface area contributed by atoms with Gasteiger partial charge in [0.2, 0.25) is 0 Å². The molecule has 0 radical (unpaired) electrons. The Labute approximate surface area is 166 Å². The van der Waals surface area contributed by atoms with Crippen LogP contribution in [0.2, 0.25) is 0 Å². The summed E-state index contributed by atoms with van der Waals surface area (Å²) >= 11 is 0. The molecule has 1 aromatic rings. The minimum atomic E-state index is -0.00331. The summed E-state index contributed by atoms with van der Waals surface area (Å²) in [4.78, 5) is 17.4. The summed E-state index contributed by atoms with van der Waals surface area (Å²) in [5.41, 5.74) is 2.01. The predicted molar refractivity (Wildman–Crippen MR) is 117 cm³/mol. The number of carbonyl (C=O) groups excluding carboxylic acids is 1. The van der Waals surface area contributed by atoms with E-state index < -0.39 is 0 Å². The molecule has 27 heavy (non-hydrogen) atoms. The largest absolute Gasteiger partial charge is 0.378 e. The van der Waals surface area contributed by atoms with Crippen LogP contribution in [0.5, 0.6) is 0 Å². The van der Waals surface area contributed by atoms with E-state index in [4.69, 9.17) is 0 Å². The van der Waals surface area contributed by atoms with Crippen LogP contribution >= 0.6 is 0 Å². The monoisotopic (exact) mass is 373 g/mol. The van der Waals surface area contributed by atoms with E-state index in [2.05, 4.69) is 29.0 Å². The number of benzene rings is 1. The highest BCUT2D eigenvalue weighted by Gasteiger charge is 2.36. The zero-order chi connectivity index (χ0) is 19.7. The van der Waals surface area contributed by atoms with Crippen LogP contribution in [0, 0.1) is 0 Å². The average Bonchev–Trinajstić information content (AvgIpc) is 2.65. The van der Waals surface area contributed by atoms with Crippen molar-refractivity contribution >= 4 is 17.4 Å². The van der Waals surface area contributed by atoms with Crippen molar-refractivity contribution < 1.29 is 4.79 Å². The highest BCUT2D eigenvalue weighted by Crippen LogP contribution is 2.34. The number of unbranched alkanes of at least 4 members (excludes halogenated alkanes) is 4. The zero-order valence-electron chi connectivity index (χ0n) is 17.9. The molecule has 0 saturated heterocycles. The van der Waals surface area contributed by atoms with Crippen molar-refractivity contribution in [1.82, 2.24) is 4.90 Å². The van der Waals surface area contributed by atoms with Crippen LogP contribution in [-0.4, -0.2) is 37.1 Å². The third-order valence-electron chi connectivity index (χ3n) is 5.95. The molecule has 0 bridgehead atoms. The maximum Gasteiger partial charge on any atom is 0.322 e. The summed E-state index contributed by atoms with van der Waals surface area (Å²) in [6.07, 6.45) is 12.1. The molecule has 1 saturated carbocycles. The standard InChI is InChI=1S/C23H39N3O/c1-5-6-7-8-12-19-26(23(2)17-10-9-11-18-23)22(27)24-20-13-15-21(16-14-20)25(3)4/h13-16H,5-12,17-19H2,1-4H3,(H,24,27).